The zero-order chi connectivity index (χ0) is 10.9. The molecule has 0 aromatic carbocycles. The van der Waals surface area contributed by atoms with Crippen molar-refractivity contribution in [3.8, 4) is 0 Å². The van der Waals surface area contributed by atoms with Crippen LogP contribution in [0.2, 0.25) is 0 Å². The molecular weight excluding hydrogens is 164 g/mol. The Bertz CT molecular complexity index is 151. The first kappa shape index (κ1) is 12.9. The van der Waals surface area contributed by atoms with Crippen LogP contribution in [-0.4, -0.2) is 23.4 Å². The van der Waals surface area contributed by atoms with Crippen LogP contribution in [0.1, 0.15) is 41.5 Å². The van der Waals surface area contributed by atoms with E-state index in [1.54, 1.807) is 0 Å². The summed E-state index contributed by atoms with van der Waals surface area (Å²) in [5.41, 5.74) is -0.470. The van der Waals surface area contributed by atoms with Crippen molar-refractivity contribution in [1.82, 2.24) is 0 Å². The number of aliphatic hydroxyl groups is 2. The average Bonchev–Trinajstić information content (AvgIpc) is 2.03. The standard InChI is InChI=1S/C11H24O2/c1-9(2,7-12)11(5,6)10(3,4)8-13/h12-13H,7-8H2,1-6H3. The summed E-state index contributed by atoms with van der Waals surface area (Å²) in [6.07, 6.45) is 0. The molecule has 0 saturated heterocycles. The molecule has 0 aromatic heterocycles. The summed E-state index contributed by atoms with van der Waals surface area (Å²) in [5.74, 6) is 0. The summed E-state index contributed by atoms with van der Waals surface area (Å²) in [5, 5.41) is 18.6. The Labute approximate surface area is 82.0 Å². The molecule has 0 spiro atoms. The summed E-state index contributed by atoms with van der Waals surface area (Å²) >= 11 is 0. The highest BCUT2D eigenvalue weighted by Crippen LogP contribution is 2.50. The number of hydrogen-bond donors (Lipinski definition) is 2. The number of rotatable bonds is 4. The maximum atomic E-state index is 9.31. The Kier molecular flexibility index (Phi) is 3.56. The van der Waals surface area contributed by atoms with E-state index in [0.29, 0.717) is 0 Å². The van der Waals surface area contributed by atoms with Gasteiger partial charge in [0.15, 0.2) is 0 Å². The molecule has 0 aliphatic rings. The molecule has 0 unspecified atom stereocenters. The van der Waals surface area contributed by atoms with Gasteiger partial charge in [0.1, 0.15) is 0 Å². The molecule has 0 heterocycles. The molecule has 0 rings (SSSR count). The van der Waals surface area contributed by atoms with Gasteiger partial charge in [0.05, 0.1) is 0 Å². The lowest BCUT2D eigenvalue weighted by molar-refractivity contribution is -0.0755. The Morgan fingerprint density at radius 3 is 1.08 bits per heavy atom. The second-order valence-electron chi connectivity index (χ2n) is 5.71. The third kappa shape index (κ3) is 2.05. The van der Waals surface area contributed by atoms with Crippen molar-refractivity contribution >= 4 is 0 Å². The summed E-state index contributed by atoms with van der Waals surface area (Å²) in [6.45, 7) is 12.6. The van der Waals surface area contributed by atoms with Crippen molar-refractivity contribution in [2.75, 3.05) is 13.2 Å². The third-order valence-electron chi connectivity index (χ3n) is 4.17. The molecule has 13 heavy (non-hydrogen) atoms. The van der Waals surface area contributed by atoms with Crippen molar-refractivity contribution in [2.24, 2.45) is 16.2 Å². The second kappa shape index (κ2) is 3.58. The van der Waals surface area contributed by atoms with Gasteiger partial charge in [0, 0.05) is 13.2 Å². The monoisotopic (exact) mass is 188 g/mol. The molecule has 0 aromatic rings. The summed E-state index contributed by atoms with van der Waals surface area (Å²) in [7, 11) is 0. The van der Waals surface area contributed by atoms with Crippen LogP contribution in [0.25, 0.3) is 0 Å². The molecule has 0 atom stereocenters. The minimum Gasteiger partial charge on any atom is -0.396 e. The van der Waals surface area contributed by atoms with Crippen LogP contribution in [0.5, 0.6) is 0 Å². The molecule has 0 saturated carbocycles. The van der Waals surface area contributed by atoms with Crippen molar-refractivity contribution in [3.05, 3.63) is 0 Å². The largest absolute Gasteiger partial charge is 0.396 e. The van der Waals surface area contributed by atoms with Crippen LogP contribution in [0.3, 0.4) is 0 Å². The van der Waals surface area contributed by atoms with E-state index < -0.39 is 0 Å². The van der Waals surface area contributed by atoms with Crippen LogP contribution >= 0.6 is 0 Å². The normalized spacial score (nSPS) is 14.8. The van der Waals surface area contributed by atoms with Gasteiger partial charge in [-0.05, 0) is 16.2 Å². The van der Waals surface area contributed by atoms with Gasteiger partial charge in [0.25, 0.3) is 0 Å². The minimum absolute atomic E-state index is 0.108. The van der Waals surface area contributed by atoms with Gasteiger partial charge in [-0.25, -0.2) is 0 Å². The van der Waals surface area contributed by atoms with E-state index in [9.17, 15) is 10.2 Å². The van der Waals surface area contributed by atoms with Crippen LogP contribution in [0, 0.1) is 16.2 Å². The quantitative estimate of drug-likeness (QED) is 0.709. The molecule has 0 aliphatic heterocycles. The van der Waals surface area contributed by atoms with E-state index in [-0.39, 0.29) is 29.5 Å². The molecule has 2 N–H and O–H groups in total. The van der Waals surface area contributed by atoms with Crippen molar-refractivity contribution in [3.63, 3.8) is 0 Å². The number of hydrogen-bond acceptors (Lipinski definition) is 2. The Hall–Kier alpha value is -0.0800. The summed E-state index contributed by atoms with van der Waals surface area (Å²) in [4.78, 5) is 0. The Morgan fingerprint density at radius 2 is 0.923 bits per heavy atom. The smallest absolute Gasteiger partial charge is 0.0487 e. The first-order chi connectivity index (χ1) is 5.62. The highest BCUT2D eigenvalue weighted by molar-refractivity contribution is 4.95. The molecule has 0 amide bonds. The van der Waals surface area contributed by atoms with E-state index in [2.05, 4.69) is 13.8 Å². The van der Waals surface area contributed by atoms with Gasteiger partial charge in [0.2, 0.25) is 0 Å². The minimum atomic E-state index is -0.181. The van der Waals surface area contributed by atoms with E-state index in [4.69, 9.17) is 0 Å². The van der Waals surface area contributed by atoms with Crippen molar-refractivity contribution in [1.29, 1.82) is 0 Å². The van der Waals surface area contributed by atoms with E-state index in [0.717, 1.165) is 0 Å². The fourth-order valence-corrected chi connectivity index (χ4v) is 1.31. The van der Waals surface area contributed by atoms with Crippen molar-refractivity contribution < 1.29 is 10.2 Å². The highest BCUT2D eigenvalue weighted by Gasteiger charge is 2.47. The first-order valence-corrected chi connectivity index (χ1v) is 4.84. The molecule has 0 aliphatic carbocycles. The lowest BCUT2D eigenvalue weighted by Gasteiger charge is -2.50. The maximum absolute atomic E-state index is 9.31. The van der Waals surface area contributed by atoms with Gasteiger partial charge in [-0.1, -0.05) is 41.5 Å². The van der Waals surface area contributed by atoms with Crippen molar-refractivity contribution in [2.45, 2.75) is 41.5 Å². The molecule has 2 nitrogen and oxygen atoms in total. The van der Waals surface area contributed by atoms with Gasteiger partial charge < -0.3 is 10.2 Å². The van der Waals surface area contributed by atoms with E-state index in [1.807, 2.05) is 27.7 Å². The van der Waals surface area contributed by atoms with Gasteiger partial charge in [-0.2, -0.15) is 0 Å². The summed E-state index contributed by atoms with van der Waals surface area (Å²) < 4.78 is 0. The van der Waals surface area contributed by atoms with Crippen LogP contribution in [0.15, 0.2) is 0 Å². The van der Waals surface area contributed by atoms with Crippen LogP contribution in [-0.2, 0) is 0 Å². The molecule has 2 heteroatoms. The SMILES string of the molecule is CC(C)(CO)C(C)(C)C(C)(C)CO. The molecule has 80 valence electrons. The van der Waals surface area contributed by atoms with Crippen LogP contribution < -0.4 is 0 Å². The van der Waals surface area contributed by atoms with E-state index in [1.165, 1.54) is 0 Å². The predicted molar refractivity (Wildman–Crippen MR) is 55.5 cm³/mol. The third-order valence-corrected chi connectivity index (χ3v) is 4.17. The topological polar surface area (TPSA) is 40.5 Å². The second-order valence-corrected chi connectivity index (χ2v) is 5.71. The molecular formula is C11H24O2. The lowest BCUT2D eigenvalue weighted by atomic mass is 9.55. The predicted octanol–water partition coefficient (Wildman–Crippen LogP) is 2.05. The lowest BCUT2D eigenvalue weighted by Crippen LogP contribution is -2.48. The maximum Gasteiger partial charge on any atom is 0.0487 e. The van der Waals surface area contributed by atoms with Crippen LogP contribution in [0.4, 0.5) is 0 Å². The molecule has 0 fully saturated rings. The molecule has 0 bridgehead atoms. The average molecular weight is 188 g/mol. The first-order valence-electron chi connectivity index (χ1n) is 4.84. The highest BCUT2D eigenvalue weighted by atomic mass is 16.3. The zero-order valence-corrected chi connectivity index (χ0v) is 9.81. The zero-order valence-electron chi connectivity index (χ0n) is 9.81. The van der Waals surface area contributed by atoms with E-state index >= 15 is 0 Å². The molecule has 0 radical (unpaired) electrons. The summed E-state index contributed by atoms with van der Waals surface area (Å²) in [6, 6.07) is 0. The fraction of sp³-hybridized carbons (Fsp3) is 1.00. The fourth-order valence-electron chi connectivity index (χ4n) is 1.31. The van der Waals surface area contributed by atoms with Gasteiger partial charge >= 0.3 is 0 Å². The van der Waals surface area contributed by atoms with Gasteiger partial charge in [-0.3, -0.25) is 0 Å². The van der Waals surface area contributed by atoms with Gasteiger partial charge in [-0.15, -0.1) is 0 Å². The number of aliphatic hydroxyl groups excluding tert-OH is 2. The Balaban J connectivity index is 4.95. The Morgan fingerprint density at radius 1 is 0.692 bits per heavy atom.